The summed E-state index contributed by atoms with van der Waals surface area (Å²) in [7, 11) is -2.34. The zero-order valence-electron chi connectivity index (χ0n) is 19.2. The first-order chi connectivity index (χ1) is 15.8. The van der Waals surface area contributed by atoms with E-state index in [9.17, 15) is 13.2 Å². The second-order valence-corrected chi connectivity index (χ2v) is 11.2. The molecule has 2 aromatic carbocycles. The molecule has 0 aliphatic carbocycles. The van der Waals surface area contributed by atoms with E-state index in [-0.39, 0.29) is 30.5 Å². The van der Waals surface area contributed by atoms with E-state index in [0.717, 1.165) is 16.0 Å². The molecule has 0 atom stereocenters. The van der Waals surface area contributed by atoms with E-state index in [1.807, 2.05) is 56.3 Å². The normalized spacial score (nSPS) is 11.6. The number of hydrogen-bond acceptors (Lipinski definition) is 5. The molecule has 0 saturated heterocycles. The van der Waals surface area contributed by atoms with E-state index in [2.05, 4.69) is 0 Å². The number of nitrogens with zero attached hydrogens (tertiary/aromatic N) is 2. The molecular weight excluding hydrogens is 456 g/mol. The Hall–Kier alpha value is -2.52. The van der Waals surface area contributed by atoms with Gasteiger partial charge in [-0.15, -0.1) is 11.3 Å². The summed E-state index contributed by atoms with van der Waals surface area (Å²) >= 11 is 1.63. The molecule has 6 nitrogen and oxygen atoms in total. The molecule has 1 amide bonds. The van der Waals surface area contributed by atoms with E-state index in [4.69, 9.17) is 4.74 Å². The molecule has 3 rings (SSSR count). The third kappa shape index (κ3) is 6.98. The summed E-state index contributed by atoms with van der Waals surface area (Å²) in [6, 6.07) is 20.4. The van der Waals surface area contributed by atoms with Crippen molar-refractivity contribution in [2.75, 3.05) is 26.8 Å². The highest BCUT2D eigenvalue weighted by Gasteiger charge is 2.28. The van der Waals surface area contributed by atoms with Gasteiger partial charge in [0.25, 0.3) is 0 Å². The molecule has 0 fully saturated rings. The van der Waals surface area contributed by atoms with Crippen LogP contribution in [-0.4, -0.2) is 50.3 Å². The van der Waals surface area contributed by atoms with Crippen LogP contribution >= 0.6 is 11.3 Å². The number of sulfonamides is 1. The van der Waals surface area contributed by atoms with Gasteiger partial charge in [-0.25, -0.2) is 8.42 Å². The molecule has 8 heteroatoms. The summed E-state index contributed by atoms with van der Waals surface area (Å²) in [6.45, 7) is 4.79. The van der Waals surface area contributed by atoms with E-state index in [1.54, 1.807) is 40.5 Å². The highest BCUT2D eigenvalue weighted by Crippen LogP contribution is 2.21. The van der Waals surface area contributed by atoms with E-state index < -0.39 is 10.0 Å². The summed E-state index contributed by atoms with van der Waals surface area (Å²) in [5.41, 5.74) is 1.96. The lowest BCUT2D eigenvalue weighted by Crippen LogP contribution is -2.43. The first-order valence-corrected chi connectivity index (χ1v) is 13.0. The Kier molecular flexibility index (Phi) is 8.80. The molecule has 0 N–H and O–H groups in total. The van der Waals surface area contributed by atoms with Crippen molar-refractivity contribution >= 4 is 27.3 Å². The van der Waals surface area contributed by atoms with Crippen LogP contribution in [0.2, 0.25) is 0 Å². The van der Waals surface area contributed by atoms with Gasteiger partial charge in [-0.05, 0) is 43.7 Å². The maximum absolute atomic E-state index is 13.4. The first kappa shape index (κ1) is 25.1. The number of carbonyl (C=O) groups excluding carboxylic acids is 1. The van der Waals surface area contributed by atoms with Crippen molar-refractivity contribution in [3.8, 4) is 0 Å². The van der Waals surface area contributed by atoms with Crippen molar-refractivity contribution in [2.45, 2.75) is 31.8 Å². The van der Waals surface area contributed by atoms with Gasteiger partial charge in [0.15, 0.2) is 0 Å². The Labute approximate surface area is 200 Å². The van der Waals surface area contributed by atoms with Crippen molar-refractivity contribution in [2.24, 2.45) is 0 Å². The van der Waals surface area contributed by atoms with Crippen LogP contribution in [0.3, 0.4) is 0 Å². The quantitative estimate of drug-likeness (QED) is 0.407. The second-order valence-electron chi connectivity index (χ2n) is 7.89. The molecule has 0 bridgehead atoms. The van der Waals surface area contributed by atoms with Gasteiger partial charge in [0.2, 0.25) is 15.9 Å². The Morgan fingerprint density at radius 3 is 2.24 bits per heavy atom. The molecule has 0 aliphatic heterocycles. The minimum absolute atomic E-state index is 0.0930. The molecule has 0 aliphatic rings. The highest BCUT2D eigenvalue weighted by atomic mass is 32.2. The molecule has 0 spiro atoms. The predicted octanol–water partition coefficient (Wildman–Crippen LogP) is 4.23. The number of methoxy groups -OCH3 is 1. The van der Waals surface area contributed by atoms with Gasteiger partial charge in [0.1, 0.15) is 0 Å². The van der Waals surface area contributed by atoms with Gasteiger partial charge in [0, 0.05) is 30.0 Å². The number of rotatable bonds is 11. The van der Waals surface area contributed by atoms with Crippen LogP contribution in [0.25, 0.3) is 0 Å². The second kappa shape index (κ2) is 11.6. The predicted molar refractivity (Wildman–Crippen MR) is 132 cm³/mol. The van der Waals surface area contributed by atoms with Crippen molar-refractivity contribution in [3.63, 3.8) is 0 Å². The summed E-state index contributed by atoms with van der Waals surface area (Å²) < 4.78 is 33.0. The summed E-state index contributed by atoms with van der Waals surface area (Å²) in [5.74, 6) is -0.253. The first-order valence-electron chi connectivity index (χ1n) is 10.7. The van der Waals surface area contributed by atoms with Crippen LogP contribution in [0.5, 0.6) is 0 Å². The van der Waals surface area contributed by atoms with Gasteiger partial charge in [-0.3, -0.25) is 4.79 Å². The van der Waals surface area contributed by atoms with Gasteiger partial charge in [-0.2, -0.15) is 4.31 Å². The molecule has 33 heavy (non-hydrogen) atoms. The maximum atomic E-state index is 13.4. The van der Waals surface area contributed by atoms with Crippen molar-refractivity contribution < 1.29 is 17.9 Å². The summed E-state index contributed by atoms with van der Waals surface area (Å²) in [4.78, 5) is 17.6. The third-order valence-corrected chi connectivity index (χ3v) is 8.07. The molecule has 0 saturated carbocycles. The van der Waals surface area contributed by atoms with Crippen LogP contribution in [0, 0.1) is 13.8 Å². The van der Waals surface area contributed by atoms with Crippen molar-refractivity contribution in [1.82, 2.24) is 9.21 Å². The minimum Gasteiger partial charge on any atom is -0.383 e. The van der Waals surface area contributed by atoms with E-state index >= 15 is 0 Å². The Balaban J connectivity index is 1.85. The smallest absolute Gasteiger partial charge is 0.243 e. The Morgan fingerprint density at radius 2 is 1.64 bits per heavy atom. The lowest BCUT2D eigenvalue weighted by Gasteiger charge is -2.27. The van der Waals surface area contributed by atoms with Crippen molar-refractivity contribution in [3.05, 3.63) is 87.6 Å². The minimum atomic E-state index is -3.85. The van der Waals surface area contributed by atoms with Gasteiger partial charge in [-0.1, -0.05) is 48.0 Å². The van der Waals surface area contributed by atoms with Crippen LogP contribution in [0.1, 0.15) is 20.9 Å². The van der Waals surface area contributed by atoms with Gasteiger partial charge < -0.3 is 9.64 Å². The number of carbonyl (C=O) groups is 1. The van der Waals surface area contributed by atoms with Crippen LogP contribution in [0.4, 0.5) is 0 Å². The fraction of sp³-hybridized carbons (Fsp3) is 0.320. The summed E-state index contributed by atoms with van der Waals surface area (Å²) in [6.07, 6.45) is 0. The fourth-order valence-corrected chi connectivity index (χ4v) is 5.66. The molecule has 0 radical (unpaired) electrons. The van der Waals surface area contributed by atoms with Crippen molar-refractivity contribution in [1.29, 1.82) is 0 Å². The number of benzene rings is 2. The average molecular weight is 487 g/mol. The third-order valence-electron chi connectivity index (χ3n) is 5.23. The maximum Gasteiger partial charge on any atom is 0.243 e. The molecule has 0 unspecified atom stereocenters. The molecule has 1 heterocycles. The van der Waals surface area contributed by atoms with Crippen LogP contribution in [-0.2, 0) is 32.6 Å². The molecular formula is C25H30N2O4S2. The molecule has 1 aromatic heterocycles. The summed E-state index contributed by atoms with van der Waals surface area (Å²) in [5, 5.41) is 0. The number of aryl methyl sites for hydroxylation is 2. The largest absolute Gasteiger partial charge is 0.383 e. The fourth-order valence-electron chi connectivity index (χ4n) is 3.38. The van der Waals surface area contributed by atoms with Crippen LogP contribution < -0.4 is 0 Å². The van der Waals surface area contributed by atoms with Crippen LogP contribution in [0.15, 0.2) is 71.6 Å². The number of ether oxygens (including phenoxy) is 1. The monoisotopic (exact) mass is 486 g/mol. The van der Waals surface area contributed by atoms with Gasteiger partial charge >= 0.3 is 0 Å². The zero-order valence-corrected chi connectivity index (χ0v) is 20.9. The lowest BCUT2D eigenvalue weighted by atomic mass is 10.2. The number of thiophene rings is 1. The molecule has 176 valence electrons. The van der Waals surface area contributed by atoms with Gasteiger partial charge in [0.05, 0.1) is 24.6 Å². The Morgan fingerprint density at radius 1 is 0.939 bits per heavy atom. The number of hydrogen-bond donors (Lipinski definition) is 0. The zero-order chi connectivity index (χ0) is 23.8. The topological polar surface area (TPSA) is 66.9 Å². The van der Waals surface area contributed by atoms with E-state index in [0.29, 0.717) is 13.1 Å². The molecule has 3 aromatic rings. The van der Waals surface area contributed by atoms with E-state index in [1.165, 1.54) is 16.3 Å². The standard InChI is InChI=1S/C25H30N2O4S2/c1-20-9-13-24(14-10-20)33(29,30)27(15-16-31-3)19-25(28)26(17-22-7-5-4-6-8-22)18-23-12-11-21(2)32-23/h4-14H,15-19H2,1-3H3. The Bertz CT molecular complexity index is 1140. The lowest BCUT2D eigenvalue weighted by molar-refractivity contribution is -0.132. The average Bonchev–Trinajstić information content (AvgIpc) is 3.21. The number of amides is 1. The highest BCUT2D eigenvalue weighted by molar-refractivity contribution is 7.89. The SMILES string of the molecule is COCCN(CC(=O)N(Cc1ccccc1)Cc1ccc(C)s1)S(=O)(=O)c1ccc(C)cc1.